The lowest BCUT2D eigenvalue weighted by Gasteiger charge is -2.40. The molecule has 1 aliphatic rings. The van der Waals surface area contributed by atoms with Crippen LogP contribution in [-0.2, 0) is 14.4 Å². The van der Waals surface area contributed by atoms with E-state index in [0.29, 0.717) is 30.3 Å². The number of ketones is 2. The summed E-state index contributed by atoms with van der Waals surface area (Å²) in [5.41, 5.74) is -0.451. The molecule has 0 bridgehead atoms. The first-order valence-corrected chi connectivity index (χ1v) is 7.26. The van der Waals surface area contributed by atoms with Crippen molar-refractivity contribution < 1.29 is 19.3 Å². The van der Waals surface area contributed by atoms with Gasteiger partial charge in [0.15, 0.2) is 0 Å². The van der Waals surface area contributed by atoms with E-state index in [-0.39, 0.29) is 17.3 Å². The lowest BCUT2D eigenvalue weighted by atomic mass is 9.59. The molecular weight excluding hydrogens is 298 g/mol. The van der Waals surface area contributed by atoms with Crippen molar-refractivity contribution >= 4 is 23.5 Å². The number of allylic oxidation sites excluding steroid dienone is 2. The molecule has 23 heavy (non-hydrogen) atoms. The summed E-state index contributed by atoms with van der Waals surface area (Å²) in [6.45, 7) is 2.71. The zero-order chi connectivity index (χ0) is 17.2. The van der Waals surface area contributed by atoms with Crippen molar-refractivity contribution in [2.24, 2.45) is 5.41 Å². The van der Waals surface area contributed by atoms with Gasteiger partial charge in [-0.15, -0.1) is 0 Å². The summed E-state index contributed by atoms with van der Waals surface area (Å²) in [6.07, 6.45) is 3.18. The average molecular weight is 315 g/mol. The van der Waals surface area contributed by atoms with Crippen LogP contribution in [0.25, 0.3) is 0 Å². The van der Waals surface area contributed by atoms with E-state index in [1.807, 2.05) is 0 Å². The zero-order valence-corrected chi connectivity index (χ0v) is 12.9. The first-order chi connectivity index (χ1) is 10.8. The van der Waals surface area contributed by atoms with Gasteiger partial charge in [0, 0.05) is 18.1 Å². The van der Waals surface area contributed by atoms with Crippen LogP contribution in [0.3, 0.4) is 0 Å². The van der Waals surface area contributed by atoms with E-state index >= 15 is 0 Å². The summed E-state index contributed by atoms with van der Waals surface area (Å²) in [5.74, 6) is -1.29. The molecule has 6 heteroatoms. The maximum atomic E-state index is 12.3. The molecule has 0 fully saturated rings. The maximum Gasteiger partial charge on any atom is 0.269 e. The highest BCUT2D eigenvalue weighted by Crippen LogP contribution is 2.49. The number of nitro groups is 1. The van der Waals surface area contributed by atoms with E-state index in [1.165, 1.54) is 38.1 Å². The Bertz CT molecular complexity index is 688. The minimum Gasteiger partial charge on any atom is -0.299 e. The maximum absolute atomic E-state index is 12.3. The molecule has 0 aromatic heterocycles. The van der Waals surface area contributed by atoms with Crippen LogP contribution < -0.4 is 0 Å². The number of nitro benzene ring substituents is 1. The summed E-state index contributed by atoms with van der Waals surface area (Å²) in [4.78, 5) is 46.3. The molecule has 0 heterocycles. The lowest BCUT2D eigenvalue weighted by molar-refractivity contribution is -0.384. The van der Waals surface area contributed by atoms with Crippen LogP contribution in [0, 0.1) is 15.5 Å². The SMILES string of the molecule is CC(=O)C1(C(C)=O)CCC=C(C=O)[C@H]1c1ccc([N+](=O)[O-])cc1. The smallest absolute Gasteiger partial charge is 0.269 e. The minimum absolute atomic E-state index is 0.0857. The van der Waals surface area contributed by atoms with E-state index in [0.717, 1.165) is 0 Å². The fourth-order valence-corrected chi connectivity index (χ4v) is 3.40. The van der Waals surface area contributed by atoms with Gasteiger partial charge in [-0.3, -0.25) is 24.5 Å². The monoisotopic (exact) mass is 315 g/mol. The first kappa shape index (κ1) is 16.7. The first-order valence-electron chi connectivity index (χ1n) is 7.26. The third-order valence-electron chi connectivity index (χ3n) is 4.57. The Morgan fingerprint density at radius 3 is 2.22 bits per heavy atom. The van der Waals surface area contributed by atoms with Crippen molar-refractivity contribution in [2.75, 3.05) is 0 Å². The summed E-state index contributed by atoms with van der Waals surface area (Å²) in [7, 11) is 0. The molecule has 0 N–H and O–H groups in total. The second-order valence-electron chi connectivity index (χ2n) is 5.73. The van der Waals surface area contributed by atoms with Gasteiger partial charge in [0.05, 0.1) is 10.3 Å². The van der Waals surface area contributed by atoms with Gasteiger partial charge < -0.3 is 0 Å². The van der Waals surface area contributed by atoms with Crippen LogP contribution in [0.2, 0.25) is 0 Å². The number of carbonyl (C=O) groups is 3. The lowest BCUT2D eigenvalue weighted by Crippen LogP contribution is -2.44. The highest BCUT2D eigenvalue weighted by molar-refractivity contribution is 6.08. The third kappa shape index (κ3) is 2.72. The van der Waals surface area contributed by atoms with Gasteiger partial charge in [-0.1, -0.05) is 18.2 Å². The minimum atomic E-state index is -1.29. The van der Waals surface area contributed by atoms with Gasteiger partial charge >= 0.3 is 0 Å². The molecule has 2 rings (SSSR count). The fraction of sp³-hybridized carbons (Fsp3) is 0.353. The number of aldehydes is 1. The molecule has 1 aromatic carbocycles. The van der Waals surface area contributed by atoms with Crippen LogP contribution in [0.1, 0.15) is 38.2 Å². The van der Waals surface area contributed by atoms with E-state index in [1.54, 1.807) is 6.08 Å². The van der Waals surface area contributed by atoms with Crippen LogP contribution >= 0.6 is 0 Å². The number of Topliss-reactive ketones (excluding diaryl/α,β-unsaturated/α-hetero) is 2. The third-order valence-corrected chi connectivity index (χ3v) is 4.57. The number of rotatable bonds is 5. The number of hydrogen-bond donors (Lipinski definition) is 0. The number of non-ortho nitro benzene ring substituents is 1. The molecular formula is C17H17NO5. The molecule has 1 aromatic rings. The average Bonchev–Trinajstić information content (AvgIpc) is 2.53. The van der Waals surface area contributed by atoms with Crippen LogP contribution in [0.4, 0.5) is 5.69 Å². The van der Waals surface area contributed by atoms with Crippen molar-refractivity contribution in [1.82, 2.24) is 0 Å². The molecule has 1 aliphatic carbocycles. The Kier molecular flexibility index (Phi) is 4.54. The standard InChI is InChI=1S/C17H17NO5/c1-11(20)17(12(2)21)9-3-4-14(10-19)16(17)13-5-7-15(8-6-13)18(22)23/h4-8,10,16H,3,9H2,1-2H3/t16-/m1/s1. The van der Waals surface area contributed by atoms with Gasteiger partial charge in [-0.05, 0) is 37.8 Å². The van der Waals surface area contributed by atoms with Gasteiger partial charge in [0.2, 0.25) is 0 Å². The summed E-state index contributed by atoms with van der Waals surface area (Å²) >= 11 is 0. The summed E-state index contributed by atoms with van der Waals surface area (Å²) in [5, 5.41) is 10.8. The van der Waals surface area contributed by atoms with E-state index in [9.17, 15) is 24.5 Å². The van der Waals surface area contributed by atoms with Gasteiger partial charge in [0.1, 0.15) is 17.9 Å². The Hall–Kier alpha value is -2.63. The van der Waals surface area contributed by atoms with Crippen LogP contribution in [-0.4, -0.2) is 22.8 Å². The molecule has 0 unspecified atom stereocenters. The van der Waals surface area contributed by atoms with Crippen molar-refractivity contribution in [3.8, 4) is 0 Å². The highest BCUT2D eigenvalue weighted by atomic mass is 16.6. The summed E-state index contributed by atoms with van der Waals surface area (Å²) < 4.78 is 0. The Morgan fingerprint density at radius 1 is 1.22 bits per heavy atom. The van der Waals surface area contributed by atoms with Gasteiger partial charge in [-0.25, -0.2) is 0 Å². The fourth-order valence-electron chi connectivity index (χ4n) is 3.40. The Morgan fingerprint density at radius 2 is 1.78 bits per heavy atom. The zero-order valence-electron chi connectivity index (χ0n) is 12.9. The van der Waals surface area contributed by atoms with Crippen molar-refractivity contribution in [2.45, 2.75) is 32.6 Å². The molecule has 0 aliphatic heterocycles. The number of carbonyl (C=O) groups excluding carboxylic acids is 3. The topological polar surface area (TPSA) is 94.3 Å². The second kappa shape index (κ2) is 6.24. The highest BCUT2D eigenvalue weighted by Gasteiger charge is 2.50. The number of hydrogen-bond acceptors (Lipinski definition) is 5. The number of nitrogens with zero attached hydrogens (tertiary/aromatic N) is 1. The van der Waals surface area contributed by atoms with Gasteiger partial charge in [-0.2, -0.15) is 0 Å². The van der Waals surface area contributed by atoms with Crippen molar-refractivity contribution in [1.29, 1.82) is 0 Å². The largest absolute Gasteiger partial charge is 0.299 e. The molecule has 0 radical (unpaired) electrons. The molecule has 0 spiro atoms. The molecule has 1 atom stereocenters. The van der Waals surface area contributed by atoms with Gasteiger partial charge in [0.25, 0.3) is 5.69 Å². The number of benzene rings is 1. The van der Waals surface area contributed by atoms with E-state index in [4.69, 9.17) is 0 Å². The van der Waals surface area contributed by atoms with E-state index < -0.39 is 16.3 Å². The normalized spacial score (nSPS) is 19.6. The molecule has 0 saturated heterocycles. The second-order valence-corrected chi connectivity index (χ2v) is 5.73. The molecule has 0 saturated carbocycles. The molecule has 0 amide bonds. The van der Waals surface area contributed by atoms with Crippen molar-refractivity contribution in [3.63, 3.8) is 0 Å². The Labute approximate surface area is 133 Å². The molecule has 6 nitrogen and oxygen atoms in total. The van der Waals surface area contributed by atoms with Crippen LogP contribution in [0.5, 0.6) is 0 Å². The quantitative estimate of drug-likeness (QED) is 0.360. The van der Waals surface area contributed by atoms with Crippen LogP contribution in [0.15, 0.2) is 35.9 Å². The summed E-state index contributed by atoms with van der Waals surface area (Å²) in [6, 6.07) is 5.65. The van der Waals surface area contributed by atoms with Crippen molar-refractivity contribution in [3.05, 3.63) is 51.6 Å². The predicted octanol–water partition coefficient (Wildman–Crippen LogP) is 2.76. The van der Waals surface area contributed by atoms with E-state index in [2.05, 4.69) is 0 Å². The predicted molar refractivity (Wildman–Crippen MR) is 83.0 cm³/mol. The molecule has 120 valence electrons. The Balaban J connectivity index is 2.63.